The normalized spacial score (nSPS) is 10.0. The molecule has 0 spiro atoms. The monoisotopic (exact) mass is 234 g/mol. The molecule has 0 saturated carbocycles. The van der Waals surface area contributed by atoms with Gasteiger partial charge in [0.15, 0.2) is 0 Å². The first-order chi connectivity index (χ1) is 8.02. The lowest BCUT2D eigenvalue weighted by atomic mass is 10.2. The van der Waals surface area contributed by atoms with Crippen molar-refractivity contribution >= 4 is 11.8 Å². The summed E-state index contributed by atoms with van der Waals surface area (Å²) < 4.78 is 0. The fraction of sp³-hybridized carbons (Fsp3) is 0.455. The van der Waals surface area contributed by atoms with Crippen molar-refractivity contribution in [1.82, 2.24) is 9.97 Å². The number of rotatable bonds is 5. The van der Waals surface area contributed by atoms with Gasteiger partial charge in [0.25, 0.3) is 0 Å². The summed E-state index contributed by atoms with van der Waals surface area (Å²) in [5.74, 6) is -0.119. The van der Waals surface area contributed by atoms with E-state index in [2.05, 4.69) is 9.97 Å². The molecule has 0 aliphatic rings. The second-order valence-corrected chi connectivity index (χ2v) is 4.02. The van der Waals surface area contributed by atoms with Gasteiger partial charge in [-0.3, -0.25) is 4.79 Å². The molecule has 17 heavy (non-hydrogen) atoms. The Morgan fingerprint density at radius 1 is 1.65 bits per heavy atom. The van der Waals surface area contributed by atoms with Gasteiger partial charge in [-0.15, -0.1) is 0 Å². The second-order valence-electron chi connectivity index (χ2n) is 4.02. The van der Waals surface area contributed by atoms with Crippen LogP contribution in [-0.2, 0) is 4.79 Å². The van der Waals surface area contributed by atoms with Crippen molar-refractivity contribution in [2.45, 2.75) is 13.8 Å². The minimum atomic E-state index is -0.928. The van der Waals surface area contributed by atoms with Gasteiger partial charge in [-0.1, -0.05) is 13.8 Å². The van der Waals surface area contributed by atoms with Crippen LogP contribution < -0.4 is 4.90 Å². The minimum absolute atomic E-state index is 0.0432. The largest absolute Gasteiger partial charge is 0.480 e. The number of carbonyl (C=O) groups is 1. The molecule has 6 nitrogen and oxygen atoms in total. The summed E-state index contributed by atoms with van der Waals surface area (Å²) in [6.45, 7) is 4.40. The van der Waals surface area contributed by atoms with E-state index in [9.17, 15) is 4.79 Å². The average molecular weight is 234 g/mol. The van der Waals surface area contributed by atoms with E-state index < -0.39 is 5.97 Å². The smallest absolute Gasteiger partial charge is 0.323 e. The van der Waals surface area contributed by atoms with Gasteiger partial charge in [0, 0.05) is 12.7 Å². The number of nitriles is 1. The van der Waals surface area contributed by atoms with Crippen LogP contribution >= 0.6 is 0 Å². The maximum absolute atomic E-state index is 10.8. The Morgan fingerprint density at radius 3 is 2.88 bits per heavy atom. The van der Waals surface area contributed by atoms with Gasteiger partial charge in [0.05, 0.1) is 0 Å². The quantitative estimate of drug-likeness (QED) is 0.813. The zero-order valence-corrected chi connectivity index (χ0v) is 9.79. The topological polar surface area (TPSA) is 90.1 Å². The molecule has 0 bridgehead atoms. The zero-order valence-electron chi connectivity index (χ0n) is 9.79. The average Bonchev–Trinajstić information content (AvgIpc) is 2.27. The van der Waals surface area contributed by atoms with Crippen molar-refractivity contribution in [3.05, 3.63) is 18.1 Å². The van der Waals surface area contributed by atoms with Gasteiger partial charge in [-0.2, -0.15) is 5.26 Å². The molecule has 0 aromatic carbocycles. The Morgan fingerprint density at radius 2 is 2.35 bits per heavy atom. The maximum atomic E-state index is 10.8. The second kappa shape index (κ2) is 5.80. The Labute approximate surface area is 99.5 Å². The van der Waals surface area contributed by atoms with Crippen molar-refractivity contribution in [2.24, 2.45) is 5.92 Å². The van der Waals surface area contributed by atoms with E-state index in [1.807, 2.05) is 19.9 Å². The molecule has 1 heterocycles. The lowest BCUT2D eigenvalue weighted by Gasteiger charge is -2.23. The Balaban J connectivity index is 2.95. The summed E-state index contributed by atoms with van der Waals surface area (Å²) in [4.78, 5) is 20.1. The molecule has 0 atom stereocenters. The Bertz CT molecular complexity index is 439. The molecule has 0 fully saturated rings. The molecule has 0 amide bonds. The van der Waals surface area contributed by atoms with Crippen LogP contribution in [-0.4, -0.2) is 34.1 Å². The highest BCUT2D eigenvalue weighted by Gasteiger charge is 2.14. The fourth-order valence-corrected chi connectivity index (χ4v) is 1.42. The van der Waals surface area contributed by atoms with Crippen LogP contribution in [0.4, 0.5) is 5.82 Å². The van der Waals surface area contributed by atoms with Gasteiger partial charge in [-0.25, -0.2) is 9.97 Å². The van der Waals surface area contributed by atoms with Crippen LogP contribution in [0, 0.1) is 17.2 Å². The van der Waals surface area contributed by atoms with Gasteiger partial charge in [-0.05, 0) is 12.0 Å². The number of carboxylic acid groups (broad SMARTS) is 1. The number of anilines is 1. The number of hydrogen-bond acceptors (Lipinski definition) is 5. The molecule has 1 aromatic heterocycles. The van der Waals surface area contributed by atoms with Gasteiger partial charge < -0.3 is 10.0 Å². The first-order valence-electron chi connectivity index (χ1n) is 5.22. The summed E-state index contributed by atoms with van der Waals surface area (Å²) in [7, 11) is 0. The molecule has 0 aliphatic heterocycles. The van der Waals surface area contributed by atoms with Gasteiger partial charge >= 0.3 is 5.97 Å². The highest BCUT2D eigenvalue weighted by molar-refractivity contribution is 5.73. The number of nitrogens with zero attached hydrogens (tertiary/aromatic N) is 4. The summed E-state index contributed by atoms with van der Waals surface area (Å²) in [5.41, 5.74) is 0. The van der Waals surface area contributed by atoms with Crippen molar-refractivity contribution in [1.29, 1.82) is 5.26 Å². The van der Waals surface area contributed by atoms with E-state index in [0.29, 0.717) is 18.3 Å². The van der Waals surface area contributed by atoms with Crippen molar-refractivity contribution < 1.29 is 9.90 Å². The SMILES string of the molecule is CC(C)CN(CC(=O)O)c1ccnc(C#N)n1. The standard InChI is InChI=1S/C11H14N4O2/c1-8(2)6-15(7-11(16)17)10-3-4-13-9(5-12)14-10/h3-4,8H,6-7H2,1-2H3,(H,16,17). The zero-order chi connectivity index (χ0) is 12.8. The molecule has 0 aliphatic carbocycles. The van der Waals surface area contributed by atoms with E-state index in [1.165, 1.54) is 6.20 Å². The lowest BCUT2D eigenvalue weighted by Crippen LogP contribution is -2.33. The van der Waals surface area contributed by atoms with Gasteiger partial charge in [0.1, 0.15) is 18.4 Å². The first kappa shape index (κ1) is 12.9. The molecule has 0 unspecified atom stereocenters. The number of hydrogen-bond donors (Lipinski definition) is 1. The van der Waals surface area contributed by atoms with E-state index in [1.54, 1.807) is 11.0 Å². The highest BCUT2D eigenvalue weighted by atomic mass is 16.4. The fourth-order valence-electron chi connectivity index (χ4n) is 1.42. The molecule has 1 N–H and O–H groups in total. The third-order valence-corrected chi connectivity index (χ3v) is 1.98. The number of aliphatic carboxylic acids is 1. The summed E-state index contributed by atoms with van der Waals surface area (Å²) in [5, 5.41) is 17.5. The van der Waals surface area contributed by atoms with E-state index in [-0.39, 0.29) is 12.4 Å². The highest BCUT2D eigenvalue weighted by Crippen LogP contribution is 2.11. The van der Waals surface area contributed by atoms with Crippen LogP contribution in [0.1, 0.15) is 19.7 Å². The summed E-state index contributed by atoms with van der Waals surface area (Å²) in [6, 6.07) is 3.44. The molecule has 90 valence electrons. The lowest BCUT2D eigenvalue weighted by molar-refractivity contribution is -0.135. The third kappa shape index (κ3) is 4.07. The van der Waals surface area contributed by atoms with Crippen LogP contribution in [0.25, 0.3) is 0 Å². The van der Waals surface area contributed by atoms with E-state index in [4.69, 9.17) is 10.4 Å². The van der Waals surface area contributed by atoms with Crippen LogP contribution in [0.5, 0.6) is 0 Å². The minimum Gasteiger partial charge on any atom is -0.480 e. The predicted octanol–water partition coefficient (Wildman–Crippen LogP) is 0.895. The summed E-state index contributed by atoms with van der Waals surface area (Å²) >= 11 is 0. The number of carboxylic acids is 1. The van der Waals surface area contributed by atoms with E-state index >= 15 is 0 Å². The van der Waals surface area contributed by atoms with Crippen molar-refractivity contribution in [2.75, 3.05) is 18.0 Å². The molecule has 6 heteroatoms. The van der Waals surface area contributed by atoms with Crippen molar-refractivity contribution in [3.8, 4) is 6.07 Å². The Kier molecular flexibility index (Phi) is 4.40. The maximum Gasteiger partial charge on any atom is 0.323 e. The first-order valence-corrected chi connectivity index (χ1v) is 5.22. The molecule has 1 aromatic rings. The number of aromatic nitrogens is 2. The predicted molar refractivity (Wildman–Crippen MR) is 61.4 cm³/mol. The summed E-state index contributed by atoms with van der Waals surface area (Å²) in [6.07, 6.45) is 1.45. The van der Waals surface area contributed by atoms with E-state index in [0.717, 1.165) is 0 Å². The molecule has 0 saturated heterocycles. The van der Waals surface area contributed by atoms with Crippen LogP contribution in [0.2, 0.25) is 0 Å². The van der Waals surface area contributed by atoms with Crippen LogP contribution in [0.15, 0.2) is 12.3 Å². The molecule has 1 rings (SSSR count). The van der Waals surface area contributed by atoms with Gasteiger partial charge in [0.2, 0.25) is 5.82 Å². The molecule has 0 radical (unpaired) electrons. The van der Waals surface area contributed by atoms with Crippen molar-refractivity contribution in [3.63, 3.8) is 0 Å². The van der Waals surface area contributed by atoms with Crippen LogP contribution in [0.3, 0.4) is 0 Å². The molecular weight excluding hydrogens is 220 g/mol. The third-order valence-electron chi connectivity index (χ3n) is 1.98. The Hall–Kier alpha value is -2.16. The molecular formula is C11H14N4O2.